The zero-order valence-corrected chi connectivity index (χ0v) is 16.7. The molecule has 3 heterocycles. The summed E-state index contributed by atoms with van der Waals surface area (Å²) in [5.41, 5.74) is 6.50. The molecule has 0 saturated carbocycles. The quantitative estimate of drug-likeness (QED) is 0.617. The van der Waals surface area contributed by atoms with E-state index in [1.807, 2.05) is 44.2 Å². The first kappa shape index (κ1) is 18.9. The maximum absolute atomic E-state index is 12.4. The molecule has 1 aliphatic heterocycles. The van der Waals surface area contributed by atoms with Gasteiger partial charge >= 0.3 is 0 Å². The molecule has 6 nitrogen and oxygen atoms in total. The third-order valence-corrected chi connectivity index (χ3v) is 5.03. The molecule has 148 valence electrons. The van der Waals surface area contributed by atoms with Gasteiger partial charge in [-0.1, -0.05) is 24.8 Å². The van der Waals surface area contributed by atoms with Gasteiger partial charge in [0.25, 0.3) is 5.91 Å². The van der Waals surface area contributed by atoms with Crippen LogP contribution >= 0.6 is 0 Å². The number of benzene rings is 1. The highest BCUT2D eigenvalue weighted by molar-refractivity contribution is 5.99. The van der Waals surface area contributed by atoms with Crippen LogP contribution in [-0.2, 0) is 0 Å². The fourth-order valence-corrected chi connectivity index (χ4v) is 3.64. The number of amides is 1. The first-order valence-corrected chi connectivity index (χ1v) is 9.65. The average Bonchev–Trinajstić information content (AvgIpc) is 3.14. The molecule has 0 bridgehead atoms. The van der Waals surface area contributed by atoms with E-state index in [4.69, 9.17) is 9.72 Å². The number of hydrogen-bond acceptors (Lipinski definition) is 4. The van der Waals surface area contributed by atoms with Gasteiger partial charge in [-0.3, -0.25) is 4.79 Å². The molecule has 6 heteroatoms. The first-order chi connectivity index (χ1) is 14.0. The molecule has 29 heavy (non-hydrogen) atoms. The second-order valence-corrected chi connectivity index (χ2v) is 7.47. The second kappa shape index (κ2) is 7.54. The van der Waals surface area contributed by atoms with Crippen molar-refractivity contribution in [2.24, 2.45) is 0 Å². The molecule has 2 N–H and O–H groups in total. The summed E-state index contributed by atoms with van der Waals surface area (Å²) in [7, 11) is 0. The van der Waals surface area contributed by atoms with Crippen molar-refractivity contribution in [1.29, 1.82) is 0 Å². The third-order valence-electron chi connectivity index (χ3n) is 5.03. The first-order valence-electron chi connectivity index (χ1n) is 9.65. The monoisotopic (exact) mass is 388 g/mol. The molecule has 0 fully saturated rings. The number of para-hydroxylation sites is 1. The van der Waals surface area contributed by atoms with Crippen LogP contribution in [-0.4, -0.2) is 34.0 Å². The van der Waals surface area contributed by atoms with E-state index < -0.39 is 0 Å². The van der Waals surface area contributed by atoms with Crippen molar-refractivity contribution >= 4 is 16.9 Å². The number of carbonyl (C=O) groups excluding carboxylic acids is 1. The molecular formula is C23H24N4O2. The molecule has 1 aromatic carbocycles. The van der Waals surface area contributed by atoms with Crippen LogP contribution in [0.3, 0.4) is 0 Å². The lowest BCUT2D eigenvalue weighted by Gasteiger charge is -2.21. The molecule has 0 saturated heterocycles. The molecule has 1 unspecified atom stereocenters. The third kappa shape index (κ3) is 3.53. The number of ether oxygens (including phenoxy) is 1. The van der Waals surface area contributed by atoms with Crippen LogP contribution in [0, 0.1) is 6.92 Å². The number of carbonyl (C=O) groups is 1. The minimum Gasteiger partial charge on any atom is -0.472 e. The molecule has 0 radical (unpaired) electrons. The maximum Gasteiger partial charge on any atom is 0.253 e. The van der Waals surface area contributed by atoms with Gasteiger partial charge in [-0.05, 0) is 38.0 Å². The summed E-state index contributed by atoms with van der Waals surface area (Å²) < 4.78 is 5.79. The van der Waals surface area contributed by atoms with E-state index in [1.165, 1.54) is 0 Å². The van der Waals surface area contributed by atoms with Gasteiger partial charge in [-0.2, -0.15) is 0 Å². The van der Waals surface area contributed by atoms with Crippen molar-refractivity contribution in [2.45, 2.75) is 26.2 Å². The topological polar surface area (TPSA) is 79.9 Å². The highest BCUT2D eigenvalue weighted by atomic mass is 16.5. The van der Waals surface area contributed by atoms with Crippen LogP contribution in [0.4, 0.5) is 0 Å². The number of aromatic nitrogens is 3. The lowest BCUT2D eigenvalue weighted by atomic mass is 9.94. The Kier molecular flexibility index (Phi) is 4.92. The molecular weight excluding hydrogens is 364 g/mol. The smallest absolute Gasteiger partial charge is 0.253 e. The standard InChI is InChI=1S/C23H24N4O2/c1-5-7-15-11-24-22(28)17-10-19(26-20(15)17)16-8-6-9-18-21(16)27-23(14(4)25-18)29-12-13(2)3/h5-6,8-10,15,26H,1-2,7,11-12H2,3-4H3,(H,24,28). The van der Waals surface area contributed by atoms with Gasteiger partial charge in [-0.25, -0.2) is 9.97 Å². The predicted octanol–water partition coefficient (Wildman–Crippen LogP) is 4.29. The minimum atomic E-state index is -0.0598. The van der Waals surface area contributed by atoms with Crippen molar-refractivity contribution in [1.82, 2.24) is 20.3 Å². The molecule has 3 aromatic rings. The van der Waals surface area contributed by atoms with Gasteiger partial charge in [0.15, 0.2) is 0 Å². The van der Waals surface area contributed by atoms with Gasteiger partial charge in [-0.15, -0.1) is 6.58 Å². The van der Waals surface area contributed by atoms with Gasteiger partial charge in [0.1, 0.15) is 17.8 Å². The highest BCUT2D eigenvalue weighted by Gasteiger charge is 2.27. The summed E-state index contributed by atoms with van der Waals surface area (Å²) in [5, 5.41) is 2.96. The van der Waals surface area contributed by atoms with Gasteiger partial charge in [0, 0.05) is 29.4 Å². The molecule has 0 aliphatic carbocycles. The van der Waals surface area contributed by atoms with Crippen molar-refractivity contribution in [3.05, 3.63) is 66.0 Å². The van der Waals surface area contributed by atoms with Crippen LogP contribution in [0.1, 0.15) is 41.0 Å². The molecule has 0 spiro atoms. The summed E-state index contributed by atoms with van der Waals surface area (Å²) in [6.07, 6.45) is 2.67. The van der Waals surface area contributed by atoms with Gasteiger partial charge < -0.3 is 15.0 Å². The molecule has 4 rings (SSSR count). The number of nitrogens with one attached hydrogen (secondary N) is 2. The molecule has 2 aromatic heterocycles. The number of rotatable bonds is 6. The number of allylic oxidation sites excluding steroid dienone is 1. The van der Waals surface area contributed by atoms with E-state index in [0.717, 1.165) is 45.7 Å². The Bertz CT molecular complexity index is 1130. The Morgan fingerprint density at radius 2 is 2.17 bits per heavy atom. The predicted molar refractivity (Wildman–Crippen MR) is 114 cm³/mol. The Morgan fingerprint density at radius 3 is 2.93 bits per heavy atom. The molecule has 1 aliphatic rings. The summed E-state index contributed by atoms with van der Waals surface area (Å²) in [6, 6.07) is 7.75. The number of aromatic amines is 1. The second-order valence-electron chi connectivity index (χ2n) is 7.47. The summed E-state index contributed by atoms with van der Waals surface area (Å²) in [6.45, 7) is 12.5. The van der Waals surface area contributed by atoms with Gasteiger partial charge in [0.05, 0.1) is 11.1 Å². The SMILES string of the molecule is C=CCC1CNC(=O)c2cc(-c3cccc4nc(C)c(OCC(=C)C)nc34)[nH]c21. The largest absolute Gasteiger partial charge is 0.472 e. The van der Waals surface area contributed by atoms with Crippen molar-refractivity contribution < 1.29 is 9.53 Å². The number of hydrogen-bond donors (Lipinski definition) is 2. The Morgan fingerprint density at radius 1 is 1.34 bits per heavy atom. The van der Waals surface area contributed by atoms with Crippen molar-refractivity contribution in [2.75, 3.05) is 13.2 Å². The summed E-state index contributed by atoms with van der Waals surface area (Å²) >= 11 is 0. The fraction of sp³-hybridized carbons (Fsp3) is 0.261. The summed E-state index contributed by atoms with van der Waals surface area (Å²) in [4.78, 5) is 25.2. The lowest BCUT2D eigenvalue weighted by Crippen LogP contribution is -2.34. The highest BCUT2D eigenvalue weighted by Crippen LogP contribution is 2.34. The Labute approximate surface area is 169 Å². The van der Waals surface area contributed by atoms with Crippen LogP contribution in [0.2, 0.25) is 0 Å². The van der Waals surface area contributed by atoms with Crippen molar-refractivity contribution in [3.63, 3.8) is 0 Å². The van der Waals surface area contributed by atoms with E-state index in [0.29, 0.717) is 24.6 Å². The van der Waals surface area contributed by atoms with Crippen molar-refractivity contribution in [3.8, 4) is 17.1 Å². The zero-order valence-electron chi connectivity index (χ0n) is 16.7. The van der Waals surface area contributed by atoms with Gasteiger partial charge in [0.2, 0.25) is 5.88 Å². The number of fused-ring (bicyclic) bond motifs is 2. The van der Waals surface area contributed by atoms with E-state index in [-0.39, 0.29) is 11.8 Å². The lowest BCUT2D eigenvalue weighted by molar-refractivity contribution is 0.0940. The van der Waals surface area contributed by atoms with E-state index >= 15 is 0 Å². The normalized spacial score (nSPS) is 15.7. The summed E-state index contributed by atoms with van der Waals surface area (Å²) in [5.74, 6) is 0.619. The van der Waals surface area contributed by atoms with E-state index in [9.17, 15) is 4.79 Å². The number of nitrogens with zero attached hydrogens (tertiary/aromatic N) is 2. The van der Waals surface area contributed by atoms with Crippen LogP contribution in [0.5, 0.6) is 5.88 Å². The van der Waals surface area contributed by atoms with E-state index in [2.05, 4.69) is 28.4 Å². The zero-order chi connectivity index (χ0) is 20.5. The van der Waals surface area contributed by atoms with E-state index in [1.54, 1.807) is 0 Å². The molecule has 1 amide bonds. The molecule has 1 atom stereocenters. The van der Waals surface area contributed by atoms with Crippen LogP contribution < -0.4 is 10.1 Å². The number of H-pyrrole nitrogens is 1. The fourth-order valence-electron chi connectivity index (χ4n) is 3.64. The van der Waals surface area contributed by atoms with Crippen LogP contribution in [0.15, 0.2) is 49.1 Å². The van der Waals surface area contributed by atoms with Crippen LogP contribution in [0.25, 0.3) is 22.3 Å². The number of aryl methyl sites for hydroxylation is 1. The Hall–Kier alpha value is -3.41. The average molecular weight is 388 g/mol. The minimum absolute atomic E-state index is 0.0598. The Balaban J connectivity index is 1.83. The maximum atomic E-state index is 12.4.